The summed E-state index contributed by atoms with van der Waals surface area (Å²) in [6.45, 7) is 1.28. The highest BCUT2D eigenvalue weighted by Gasteiger charge is 2.19. The SMILES string of the molecule is Cn1cc(S(=O)(=O)Cl)cc1C(=O)NCCC1CCCCO1. The van der Waals surface area contributed by atoms with Crippen molar-refractivity contribution in [3.63, 3.8) is 0 Å². The lowest BCUT2D eigenvalue weighted by atomic mass is 10.1. The molecule has 0 spiro atoms. The van der Waals surface area contributed by atoms with Crippen LogP contribution in [0.5, 0.6) is 0 Å². The number of hydrogen-bond acceptors (Lipinski definition) is 4. The maximum absolute atomic E-state index is 12.0. The van der Waals surface area contributed by atoms with Gasteiger partial charge in [0, 0.05) is 37.1 Å². The third-order valence-electron chi connectivity index (χ3n) is 3.52. The topological polar surface area (TPSA) is 77.4 Å². The number of nitrogens with zero attached hydrogens (tertiary/aromatic N) is 1. The van der Waals surface area contributed by atoms with E-state index in [9.17, 15) is 13.2 Å². The molecule has 0 radical (unpaired) electrons. The summed E-state index contributed by atoms with van der Waals surface area (Å²) in [5.41, 5.74) is 0.263. The Bertz CT molecular complexity index is 606. The summed E-state index contributed by atoms with van der Waals surface area (Å²) >= 11 is 0. The van der Waals surface area contributed by atoms with Crippen LogP contribution in [0.25, 0.3) is 0 Å². The van der Waals surface area contributed by atoms with E-state index in [1.165, 1.54) is 16.8 Å². The van der Waals surface area contributed by atoms with Crippen LogP contribution in [-0.2, 0) is 20.8 Å². The zero-order valence-corrected chi connectivity index (χ0v) is 13.4. The van der Waals surface area contributed by atoms with E-state index in [1.54, 1.807) is 7.05 Å². The number of hydrogen-bond donors (Lipinski definition) is 1. The summed E-state index contributed by atoms with van der Waals surface area (Å²) in [4.78, 5) is 12.0. The fourth-order valence-electron chi connectivity index (χ4n) is 2.37. The van der Waals surface area contributed by atoms with Gasteiger partial charge in [-0.2, -0.15) is 0 Å². The van der Waals surface area contributed by atoms with Gasteiger partial charge in [0.15, 0.2) is 0 Å². The second-order valence-electron chi connectivity index (χ2n) is 5.14. The smallest absolute Gasteiger partial charge is 0.267 e. The molecule has 1 N–H and O–H groups in total. The normalized spacial score (nSPS) is 19.4. The number of nitrogens with one attached hydrogen (secondary N) is 1. The van der Waals surface area contributed by atoms with E-state index < -0.39 is 9.05 Å². The van der Waals surface area contributed by atoms with E-state index in [2.05, 4.69) is 5.32 Å². The quantitative estimate of drug-likeness (QED) is 0.830. The molecular formula is C13H19ClN2O4S. The Labute approximate surface area is 128 Å². The lowest BCUT2D eigenvalue weighted by Gasteiger charge is -2.22. The number of aromatic nitrogens is 1. The van der Waals surface area contributed by atoms with Gasteiger partial charge in [0.05, 0.1) is 6.10 Å². The molecule has 1 saturated heterocycles. The third kappa shape index (κ3) is 4.46. The third-order valence-corrected chi connectivity index (χ3v) is 4.84. The van der Waals surface area contributed by atoms with Crippen LogP contribution in [-0.4, -0.2) is 38.1 Å². The Hall–Kier alpha value is -1.05. The predicted octanol–water partition coefficient (Wildman–Crippen LogP) is 1.64. The van der Waals surface area contributed by atoms with Crippen molar-refractivity contribution in [3.05, 3.63) is 18.0 Å². The Morgan fingerprint density at radius 3 is 2.86 bits per heavy atom. The average molecular weight is 335 g/mol. The van der Waals surface area contributed by atoms with Crippen LogP contribution in [0.4, 0.5) is 0 Å². The van der Waals surface area contributed by atoms with Gasteiger partial charge in [-0.25, -0.2) is 8.42 Å². The molecule has 118 valence electrons. The van der Waals surface area contributed by atoms with Crippen molar-refractivity contribution in [2.45, 2.75) is 36.7 Å². The van der Waals surface area contributed by atoms with Gasteiger partial charge >= 0.3 is 0 Å². The molecule has 0 aromatic carbocycles. The van der Waals surface area contributed by atoms with E-state index in [1.807, 2.05) is 0 Å². The van der Waals surface area contributed by atoms with Crippen molar-refractivity contribution in [1.82, 2.24) is 9.88 Å². The van der Waals surface area contributed by atoms with Crippen molar-refractivity contribution < 1.29 is 17.9 Å². The van der Waals surface area contributed by atoms with Gasteiger partial charge in [-0.1, -0.05) is 0 Å². The van der Waals surface area contributed by atoms with Gasteiger partial charge in [-0.05, 0) is 31.7 Å². The molecule has 2 rings (SSSR count). The molecule has 1 aromatic rings. The molecule has 21 heavy (non-hydrogen) atoms. The van der Waals surface area contributed by atoms with Crippen molar-refractivity contribution in [2.24, 2.45) is 7.05 Å². The first-order valence-electron chi connectivity index (χ1n) is 6.89. The predicted molar refractivity (Wildman–Crippen MR) is 79.0 cm³/mol. The van der Waals surface area contributed by atoms with Gasteiger partial charge in [-0.15, -0.1) is 0 Å². The number of carbonyl (C=O) groups is 1. The van der Waals surface area contributed by atoms with Gasteiger partial charge in [0.1, 0.15) is 10.6 Å². The summed E-state index contributed by atoms with van der Waals surface area (Å²) in [7, 11) is 3.04. The molecule has 1 fully saturated rings. The lowest BCUT2D eigenvalue weighted by Crippen LogP contribution is -2.30. The van der Waals surface area contributed by atoms with Crippen LogP contribution < -0.4 is 5.32 Å². The van der Waals surface area contributed by atoms with E-state index in [0.29, 0.717) is 6.54 Å². The molecule has 0 saturated carbocycles. The maximum atomic E-state index is 12.0. The first-order chi connectivity index (χ1) is 9.88. The van der Waals surface area contributed by atoms with Gasteiger partial charge in [0.25, 0.3) is 15.0 Å². The van der Waals surface area contributed by atoms with Crippen LogP contribution in [0, 0.1) is 0 Å². The summed E-state index contributed by atoms with van der Waals surface area (Å²) in [5.74, 6) is -0.320. The van der Waals surface area contributed by atoms with Gasteiger partial charge in [-0.3, -0.25) is 4.79 Å². The molecule has 1 aliphatic rings. The highest BCUT2D eigenvalue weighted by atomic mass is 35.7. The van der Waals surface area contributed by atoms with Crippen molar-refractivity contribution in [3.8, 4) is 0 Å². The summed E-state index contributed by atoms with van der Waals surface area (Å²) in [5, 5.41) is 2.77. The molecule has 8 heteroatoms. The number of aryl methyl sites for hydroxylation is 1. The Morgan fingerprint density at radius 1 is 1.52 bits per heavy atom. The molecule has 6 nitrogen and oxygen atoms in total. The largest absolute Gasteiger partial charge is 0.378 e. The number of amides is 1. The van der Waals surface area contributed by atoms with Crippen molar-refractivity contribution in [1.29, 1.82) is 0 Å². The standard InChI is InChI=1S/C13H19ClN2O4S/c1-16-9-11(21(14,18)19)8-12(16)13(17)15-6-5-10-4-2-3-7-20-10/h8-10H,2-7H2,1H3,(H,15,17). The molecule has 1 atom stereocenters. The van der Waals surface area contributed by atoms with Gasteiger partial charge in [0.2, 0.25) is 0 Å². The summed E-state index contributed by atoms with van der Waals surface area (Å²) in [6, 6.07) is 1.27. The second kappa shape index (κ2) is 6.81. The van der Waals surface area contributed by atoms with Crippen LogP contribution in [0.1, 0.15) is 36.2 Å². The number of carbonyl (C=O) groups excluding carboxylic acids is 1. The molecule has 1 unspecified atom stereocenters. The van der Waals surface area contributed by atoms with Crippen LogP contribution in [0.3, 0.4) is 0 Å². The Kier molecular flexibility index (Phi) is 5.29. The first-order valence-corrected chi connectivity index (χ1v) is 9.19. The second-order valence-corrected chi connectivity index (χ2v) is 7.71. The fourth-order valence-corrected chi connectivity index (χ4v) is 3.16. The van der Waals surface area contributed by atoms with Crippen LogP contribution in [0.2, 0.25) is 0 Å². The zero-order chi connectivity index (χ0) is 15.5. The molecule has 1 amide bonds. The molecule has 2 heterocycles. The Balaban J connectivity index is 1.90. The average Bonchev–Trinajstić information content (AvgIpc) is 2.82. The number of halogens is 1. The minimum Gasteiger partial charge on any atom is -0.378 e. The van der Waals surface area contributed by atoms with Crippen LogP contribution in [0.15, 0.2) is 17.2 Å². The number of ether oxygens (including phenoxy) is 1. The summed E-state index contributed by atoms with van der Waals surface area (Å²) in [6.07, 6.45) is 5.56. The molecule has 1 aromatic heterocycles. The summed E-state index contributed by atoms with van der Waals surface area (Å²) < 4.78 is 29.5. The minimum absolute atomic E-state index is 0.0765. The first kappa shape index (κ1) is 16.3. The fraction of sp³-hybridized carbons (Fsp3) is 0.615. The molecule has 0 aliphatic carbocycles. The highest BCUT2D eigenvalue weighted by Crippen LogP contribution is 2.18. The van der Waals surface area contributed by atoms with Gasteiger partial charge < -0.3 is 14.6 Å². The molecule has 1 aliphatic heterocycles. The van der Waals surface area contributed by atoms with Crippen LogP contribution >= 0.6 is 10.7 Å². The molecular weight excluding hydrogens is 316 g/mol. The number of rotatable bonds is 5. The van der Waals surface area contributed by atoms with Crippen molar-refractivity contribution >= 4 is 25.6 Å². The van der Waals surface area contributed by atoms with E-state index >= 15 is 0 Å². The van der Waals surface area contributed by atoms with E-state index in [-0.39, 0.29) is 22.6 Å². The van der Waals surface area contributed by atoms with Crippen molar-refractivity contribution in [2.75, 3.05) is 13.2 Å². The minimum atomic E-state index is -3.82. The maximum Gasteiger partial charge on any atom is 0.267 e. The Morgan fingerprint density at radius 2 is 2.29 bits per heavy atom. The highest BCUT2D eigenvalue weighted by molar-refractivity contribution is 8.13. The van der Waals surface area contributed by atoms with E-state index in [4.69, 9.17) is 15.4 Å². The van der Waals surface area contributed by atoms with E-state index in [0.717, 1.165) is 32.3 Å². The lowest BCUT2D eigenvalue weighted by molar-refractivity contribution is 0.0117. The molecule has 0 bridgehead atoms. The zero-order valence-electron chi connectivity index (χ0n) is 11.8. The monoisotopic (exact) mass is 334 g/mol.